The van der Waals surface area contributed by atoms with Crippen molar-refractivity contribution in [2.45, 2.75) is 0 Å². The van der Waals surface area contributed by atoms with Gasteiger partial charge in [0.2, 0.25) is 0 Å². The summed E-state index contributed by atoms with van der Waals surface area (Å²) >= 11 is 0. The molecule has 0 bridgehead atoms. The van der Waals surface area contributed by atoms with E-state index in [4.69, 9.17) is 9.47 Å². The first-order valence-electron chi connectivity index (χ1n) is 6.49. The van der Waals surface area contributed by atoms with E-state index in [9.17, 15) is 0 Å². The van der Waals surface area contributed by atoms with Crippen LogP contribution in [0.5, 0.6) is 11.5 Å². The Morgan fingerprint density at radius 1 is 0.762 bits per heavy atom. The summed E-state index contributed by atoms with van der Waals surface area (Å²) in [7, 11) is 3.26. The summed E-state index contributed by atoms with van der Waals surface area (Å²) in [6, 6.07) is 11.5. The van der Waals surface area contributed by atoms with E-state index >= 15 is 0 Å². The Labute approximate surface area is 122 Å². The molecule has 0 aliphatic carbocycles. The zero-order valence-corrected chi connectivity index (χ0v) is 11.8. The van der Waals surface area contributed by atoms with Gasteiger partial charge in [0.05, 0.1) is 25.3 Å². The van der Waals surface area contributed by atoms with Crippen molar-refractivity contribution in [1.82, 2.24) is 9.97 Å². The number of benzene rings is 2. The molecule has 2 aromatic carbocycles. The second kappa shape index (κ2) is 5.66. The molecule has 1 heterocycles. The average Bonchev–Trinajstić information content (AvgIpc) is 2.54. The fourth-order valence-electron chi connectivity index (χ4n) is 2.09. The number of aromatic nitrogens is 2. The normalized spacial score (nSPS) is 10.4. The lowest BCUT2D eigenvalue weighted by Gasteiger charge is -2.11. The van der Waals surface area contributed by atoms with Crippen molar-refractivity contribution in [2.24, 2.45) is 0 Å². The van der Waals surface area contributed by atoms with E-state index in [1.165, 1.54) is 0 Å². The van der Waals surface area contributed by atoms with Gasteiger partial charge >= 0.3 is 0 Å². The van der Waals surface area contributed by atoms with E-state index in [1.807, 2.05) is 36.4 Å². The van der Waals surface area contributed by atoms with E-state index in [0.717, 1.165) is 33.9 Å². The Kier molecular flexibility index (Phi) is 3.55. The van der Waals surface area contributed by atoms with E-state index in [0.29, 0.717) is 0 Å². The molecule has 3 rings (SSSR count). The Morgan fingerprint density at radius 2 is 1.43 bits per heavy atom. The van der Waals surface area contributed by atoms with Gasteiger partial charge in [-0.1, -0.05) is 0 Å². The van der Waals surface area contributed by atoms with Gasteiger partial charge in [0.1, 0.15) is 11.5 Å². The zero-order chi connectivity index (χ0) is 14.7. The molecule has 0 radical (unpaired) electrons. The third-order valence-electron chi connectivity index (χ3n) is 3.11. The highest BCUT2D eigenvalue weighted by Crippen LogP contribution is 2.28. The second-order valence-corrected chi connectivity index (χ2v) is 4.49. The summed E-state index contributed by atoms with van der Waals surface area (Å²) in [6.45, 7) is 0. The molecule has 0 unspecified atom stereocenters. The maximum atomic E-state index is 5.26. The van der Waals surface area contributed by atoms with Crippen LogP contribution >= 0.6 is 0 Å². The minimum Gasteiger partial charge on any atom is -0.497 e. The van der Waals surface area contributed by atoms with Gasteiger partial charge < -0.3 is 14.8 Å². The zero-order valence-electron chi connectivity index (χ0n) is 11.8. The van der Waals surface area contributed by atoms with Crippen molar-refractivity contribution in [2.75, 3.05) is 19.5 Å². The molecular formula is C16H15N3O2. The maximum absolute atomic E-state index is 5.26. The first kappa shape index (κ1) is 13.2. The lowest BCUT2D eigenvalue weighted by Crippen LogP contribution is -1.94. The summed E-state index contributed by atoms with van der Waals surface area (Å²) in [5.74, 6) is 1.47. The van der Waals surface area contributed by atoms with Gasteiger partial charge in [-0.15, -0.1) is 0 Å². The molecule has 1 aromatic heterocycles. The Morgan fingerprint density at radius 3 is 2.10 bits per heavy atom. The van der Waals surface area contributed by atoms with Crippen LogP contribution in [0, 0.1) is 0 Å². The first-order chi connectivity index (χ1) is 10.3. The molecule has 0 aliphatic rings. The summed E-state index contributed by atoms with van der Waals surface area (Å²) in [6.07, 6.45) is 3.36. The standard InChI is InChI=1S/C16H15N3O2/c1-20-13-7-12(8-14(10-13)21-2)19-11-3-4-15-16(9-11)18-6-5-17-15/h3-10,19H,1-2H3. The van der Waals surface area contributed by atoms with E-state index in [1.54, 1.807) is 26.6 Å². The van der Waals surface area contributed by atoms with Gasteiger partial charge in [-0.3, -0.25) is 9.97 Å². The molecule has 0 aliphatic heterocycles. The number of fused-ring (bicyclic) bond motifs is 1. The van der Waals surface area contributed by atoms with Crippen LogP contribution in [0.2, 0.25) is 0 Å². The molecule has 3 aromatic rings. The molecule has 0 spiro atoms. The van der Waals surface area contributed by atoms with Crippen molar-refractivity contribution in [3.05, 3.63) is 48.8 Å². The van der Waals surface area contributed by atoms with E-state index in [-0.39, 0.29) is 0 Å². The fourth-order valence-corrected chi connectivity index (χ4v) is 2.09. The monoisotopic (exact) mass is 281 g/mol. The number of nitrogens with zero attached hydrogens (tertiary/aromatic N) is 2. The van der Waals surface area contributed by atoms with Crippen LogP contribution in [0.1, 0.15) is 0 Å². The van der Waals surface area contributed by atoms with Gasteiger partial charge in [0.15, 0.2) is 0 Å². The van der Waals surface area contributed by atoms with Crippen LogP contribution in [0.4, 0.5) is 11.4 Å². The predicted octanol–water partition coefficient (Wildman–Crippen LogP) is 3.39. The van der Waals surface area contributed by atoms with Crippen molar-refractivity contribution >= 4 is 22.4 Å². The number of anilines is 2. The second-order valence-electron chi connectivity index (χ2n) is 4.49. The molecule has 106 valence electrons. The minimum absolute atomic E-state index is 0.734. The molecule has 0 atom stereocenters. The summed E-state index contributed by atoms with van der Waals surface area (Å²) < 4.78 is 10.5. The molecule has 0 fully saturated rings. The summed E-state index contributed by atoms with van der Waals surface area (Å²) in [5.41, 5.74) is 3.52. The quantitative estimate of drug-likeness (QED) is 0.794. The summed E-state index contributed by atoms with van der Waals surface area (Å²) in [4.78, 5) is 8.55. The number of nitrogens with one attached hydrogen (secondary N) is 1. The Balaban J connectivity index is 1.94. The van der Waals surface area contributed by atoms with Gasteiger partial charge in [-0.05, 0) is 18.2 Å². The van der Waals surface area contributed by atoms with Crippen LogP contribution in [-0.2, 0) is 0 Å². The van der Waals surface area contributed by atoms with Crippen molar-refractivity contribution < 1.29 is 9.47 Å². The molecular weight excluding hydrogens is 266 g/mol. The summed E-state index contributed by atoms with van der Waals surface area (Å²) in [5, 5.41) is 3.32. The number of ether oxygens (including phenoxy) is 2. The van der Waals surface area contributed by atoms with Crippen LogP contribution in [-0.4, -0.2) is 24.2 Å². The average molecular weight is 281 g/mol. The van der Waals surface area contributed by atoms with Crippen molar-refractivity contribution in [3.8, 4) is 11.5 Å². The molecule has 0 saturated heterocycles. The lowest BCUT2D eigenvalue weighted by molar-refractivity contribution is 0.395. The number of rotatable bonds is 4. The lowest BCUT2D eigenvalue weighted by atomic mass is 10.2. The van der Waals surface area contributed by atoms with Crippen LogP contribution in [0.3, 0.4) is 0 Å². The predicted molar refractivity (Wildman–Crippen MR) is 82.4 cm³/mol. The third-order valence-corrected chi connectivity index (χ3v) is 3.11. The number of methoxy groups -OCH3 is 2. The molecule has 5 heteroatoms. The smallest absolute Gasteiger partial charge is 0.124 e. The first-order valence-corrected chi connectivity index (χ1v) is 6.49. The van der Waals surface area contributed by atoms with Crippen LogP contribution < -0.4 is 14.8 Å². The third kappa shape index (κ3) is 2.86. The molecule has 0 saturated carbocycles. The highest BCUT2D eigenvalue weighted by molar-refractivity contribution is 5.79. The SMILES string of the molecule is COc1cc(Nc2ccc3nccnc3c2)cc(OC)c1. The Hall–Kier alpha value is -2.82. The Bertz CT molecular complexity index is 752. The number of hydrogen-bond donors (Lipinski definition) is 1. The highest BCUT2D eigenvalue weighted by Gasteiger charge is 2.03. The highest BCUT2D eigenvalue weighted by atomic mass is 16.5. The van der Waals surface area contributed by atoms with Gasteiger partial charge in [0.25, 0.3) is 0 Å². The van der Waals surface area contributed by atoms with Gasteiger partial charge in [0, 0.05) is 42.0 Å². The van der Waals surface area contributed by atoms with Crippen molar-refractivity contribution in [3.63, 3.8) is 0 Å². The van der Waals surface area contributed by atoms with Crippen molar-refractivity contribution in [1.29, 1.82) is 0 Å². The van der Waals surface area contributed by atoms with E-state index < -0.39 is 0 Å². The van der Waals surface area contributed by atoms with Gasteiger partial charge in [-0.2, -0.15) is 0 Å². The molecule has 0 amide bonds. The van der Waals surface area contributed by atoms with Gasteiger partial charge in [-0.25, -0.2) is 0 Å². The van der Waals surface area contributed by atoms with E-state index in [2.05, 4.69) is 15.3 Å². The van der Waals surface area contributed by atoms with Crippen LogP contribution in [0.25, 0.3) is 11.0 Å². The molecule has 1 N–H and O–H groups in total. The number of hydrogen-bond acceptors (Lipinski definition) is 5. The minimum atomic E-state index is 0.734. The maximum Gasteiger partial charge on any atom is 0.124 e. The molecule has 5 nitrogen and oxygen atoms in total. The van der Waals surface area contributed by atoms with Crippen LogP contribution in [0.15, 0.2) is 48.8 Å². The largest absolute Gasteiger partial charge is 0.497 e. The molecule has 21 heavy (non-hydrogen) atoms. The fraction of sp³-hybridized carbons (Fsp3) is 0.125. The topological polar surface area (TPSA) is 56.3 Å².